The van der Waals surface area contributed by atoms with Crippen molar-refractivity contribution in [3.05, 3.63) is 11.6 Å². The normalized spacial score (nSPS) is 52.6. The molecule has 0 aromatic carbocycles. The summed E-state index contributed by atoms with van der Waals surface area (Å²) in [6.07, 6.45) is 14.4. The second kappa shape index (κ2) is 5.11. The number of allylic oxidation sites excluding steroid dienone is 1. The molecule has 0 radical (unpaired) electrons. The molecular weight excluding hydrogens is 256 g/mol. The average molecular weight is 288 g/mol. The molecule has 6 unspecified atom stereocenters. The summed E-state index contributed by atoms with van der Waals surface area (Å²) >= 11 is 0. The Labute approximate surface area is 130 Å². The van der Waals surface area contributed by atoms with Gasteiger partial charge in [-0.15, -0.1) is 0 Å². The molecule has 0 aliphatic heterocycles. The highest BCUT2D eigenvalue weighted by atomic mass is 16.3. The van der Waals surface area contributed by atoms with E-state index in [-0.39, 0.29) is 6.10 Å². The van der Waals surface area contributed by atoms with Gasteiger partial charge in [0.05, 0.1) is 6.10 Å². The summed E-state index contributed by atoms with van der Waals surface area (Å²) < 4.78 is 0. The number of hydrogen-bond donors (Lipinski definition) is 1. The topological polar surface area (TPSA) is 20.2 Å². The van der Waals surface area contributed by atoms with Crippen molar-refractivity contribution in [1.82, 2.24) is 0 Å². The third-order valence-electron chi connectivity index (χ3n) is 8.12. The van der Waals surface area contributed by atoms with E-state index in [9.17, 15) is 5.11 Å². The van der Waals surface area contributed by atoms with Crippen LogP contribution in [0.2, 0.25) is 0 Å². The number of fused-ring (bicyclic) bond motifs is 5. The highest BCUT2D eigenvalue weighted by Crippen LogP contribution is 2.64. The Kier molecular flexibility index (Phi) is 3.48. The molecule has 3 saturated carbocycles. The first-order valence-electron chi connectivity index (χ1n) is 9.52. The minimum atomic E-state index is -0.141. The summed E-state index contributed by atoms with van der Waals surface area (Å²) in [6, 6.07) is 0. The molecule has 1 nitrogen and oxygen atoms in total. The summed E-state index contributed by atoms with van der Waals surface area (Å²) in [5, 5.41) is 9.93. The Hall–Kier alpha value is -0.300. The fourth-order valence-corrected chi connectivity index (χ4v) is 7.09. The molecule has 4 aliphatic rings. The van der Waals surface area contributed by atoms with E-state index >= 15 is 0 Å². The molecule has 21 heavy (non-hydrogen) atoms. The first-order chi connectivity index (χ1) is 10.1. The maximum Gasteiger partial charge on any atom is 0.0723 e. The quantitative estimate of drug-likeness (QED) is 0.677. The van der Waals surface area contributed by atoms with Crippen LogP contribution in [0.4, 0.5) is 0 Å². The molecule has 0 spiro atoms. The molecule has 0 amide bonds. The van der Waals surface area contributed by atoms with Gasteiger partial charge in [0.15, 0.2) is 0 Å². The number of rotatable bonds is 1. The van der Waals surface area contributed by atoms with Gasteiger partial charge >= 0.3 is 0 Å². The van der Waals surface area contributed by atoms with Crippen LogP contribution in [0, 0.1) is 35.0 Å². The SMILES string of the molecule is CCC1CCC2C3CCC4=CC(O)CCC4C3CC[C@]12C. The third-order valence-corrected chi connectivity index (χ3v) is 8.12. The number of aliphatic hydroxyl groups excluding tert-OH is 1. The zero-order chi connectivity index (χ0) is 14.6. The highest BCUT2D eigenvalue weighted by molar-refractivity contribution is 5.19. The van der Waals surface area contributed by atoms with E-state index in [0.29, 0.717) is 5.41 Å². The summed E-state index contributed by atoms with van der Waals surface area (Å²) in [6.45, 7) is 5.04. The average Bonchev–Trinajstić information content (AvgIpc) is 2.83. The van der Waals surface area contributed by atoms with Crippen LogP contribution in [0.1, 0.15) is 71.6 Å². The van der Waals surface area contributed by atoms with Crippen LogP contribution in [0.3, 0.4) is 0 Å². The Morgan fingerprint density at radius 3 is 2.76 bits per heavy atom. The van der Waals surface area contributed by atoms with E-state index < -0.39 is 0 Å². The van der Waals surface area contributed by atoms with E-state index in [1.54, 1.807) is 5.57 Å². The van der Waals surface area contributed by atoms with Crippen molar-refractivity contribution in [2.45, 2.75) is 77.7 Å². The Bertz CT molecular complexity index is 439. The zero-order valence-electron chi connectivity index (χ0n) is 13.9. The number of hydrogen-bond acceptors (Lipinski definition) is 1. The van der Waals surface area contributed by atoms with Crippen molar-refractivity contribution in [2.24, 2.45) is 35.0 Å². The lowest BCUT2D eigenvalue weighted by molar-refractivity contribution is -0.0250. The molecule has 4 rings (SSSR count). The first kappa shape index (κ1) is 14.3. The molecule has 4 aliphatic carbocycles. The molecule has 1 N–H and O–H groups in total. The van der Waals surface area contributed by atoms with Crippen molar-refractivity contribution in [3.63, 3.8) is 0 Å². The number of aliphatic hydroxyl groups is 1. The van der Waals surface area contributed by atoms with Crippen molar-refractivity contribution in [1.29, 1.82) is 0 Å². The van der Waals surface area contributed by atoms with Crippen molar-refractivity contribution in [2.75, 3.05) is 0 Å². The van der Waals surface area contributed by atoms with Crippen molar-refractivity contribution in [3.8, 4) is 0 Å². The van der Waals surface area contributed by atoms with E-state index in [0.717, 1.165) is 36.0 Å². The fraction of sp³-hybridized carbons (Fsp3) is 0.900. The molecule has 3 fully saturated rings. The van der Waals surface area contributed by atoms with Gasteiger partial charge in [0.25, 0.3) is 0 Å². The van der Waals surface area contributed by atoms with Gasteiger partial charge in [-0.3, -0.25) is 0 Å². The fourth-order valence-electron chi connectivity index (χ4n) is 7.09. The van der Waals surface area contributed by atoms with Gasteiger partial charge in [0.1, 0.15) is 0 Å². The predicted molar refractivity (Wildman–Crippen MR) is 86.9 cm³/mol. The molecule has 118 valence electrons. The molecule has 0 aromatic rings. The molecule has 7 atom stereocenters. The minimum Gasteiger partial charge on any atom is -0.389 e. The second-order valence-corrected chi connectivity index (χ2v) is 8.69. The first-order valence-corrected chi connectivity index (χ1v) is 9.52. The van der Waals surface area contributed by atoms with Crippen molar-refractivity contribution < 1.29 is 5.11 Å². The van der Waals surface area contributed by atoms with Crippen LogP contribution < -0.4 is 0 Å². The van der Waals surface area contributed by atoms with E-state index in [1.807, 2.05) is 0 Å². The second-order valence-electron chi connectivity index (χ2n) is 8.69. The van der Waals surface area contributed by atoms with Crippen LogP contribution in [-0.2, 0) is 0 Å². The van der Waals surface area contributed by atoms with E-state index in [1.165, 1.54) is 51.4 Å². The smallest absolute Gasteiger partial charge is 0.0723 e. The Morgan fingerprint density at radius 1 is 1.10 bits per heavy atom. The maximum absolute atomic E-state index is 9.93. The summed E-state index contributed by atoms with van der Waals surface area (Å²) in [5.74, 6) is 4.78. The van der Waals surface area contributed by atoms with Crippen LogP contribution in [0.25, 0.3) is 0 Å². The van der Waals surface area contributed by atoms with Crippen LogP contribution in [0.15, 0.2) is 11.6 Å². The Balaban J connectivity index is 1.60. The lowest BCUT2D eigenvalue weighted by Gasteiger charge is -2.54. The van der Waals surface area contributed by atoms with E-state index in [2.05, 4.69) is 19.9 Å². The summed E-state index contributed by atoms with van der Waals surface area (Å²) in [7, 11) is 0. The standard InChI is InChI=1S/C20H32O/c1-3-14-5-9-19-18-7-4-13-12-15(21)6-8-16(13)17(18)10-11-20(14,19)2/h12,14-19,21H,3-11H2,1-2H3/t14?,15?,16?,17?,18?,19?,20-/m1/s1. The molecule has 0 bridgehead atoms. The lowest BCUT2D eigenvalue weighted by atomic mass is 9.51. The molecule has 0 heterocycles. The molecule has 0 saturated heterocycles. The summed E-state index contributed by atoms with van der Waals surface area (Å²) in [4.78, 5) is 0. The molecule has 1 heteroatoms. The van der Waals surface area contributed by atoms with Gasteiger partial charge in [-0.1, -0.05) is 31.9 Å². The monoisotopic (exact) mass is 288 g/mol. The van der Waals surface area contributed by atoms with Crippen LogP contribution >= 0.6 is 0 Å². The van der Waals surface area contributed by atoms with Gasteiger partial charge < -0.3 is 5.11 Å². The van der Waals surface area contributed by atoms with Crippen LogP contribution in [0.5, 0.6) is 0 Å². The van der Waals surface area contributed by atoms with Gasteiger partial charge in [0, 0.05) is 0 Å². The van der Waals surface area contributed by atoms with Gasteiger partial charge in [-0.05, 0) is 86.4 Å². The molecule has 0 aromatic heterocycles. The predicted octanol–water partition coefficient (Wildman–Crippen LogP) is 4.95. The maximum atomic E-state index is 9.93. The summed E-state index contributed by atoms with van der Waals surface area (Å²) in [5.41, 5.74) is 2.29. The zero-order valence-corrected chi connectivity index (χ0v) is 13.9. The highest BCUT2D eigenvalue weighted by Gasteiger charge is 2.55. The Morgan fingerprint density at radius 2 is 1.95 bits per heavy atom. The minimum absolute atomic E-state index is 0.141. The van der Waals surface area contributed by atoms with Crippen LogP contribution in [-0.4, -0.2) is 11.2 Å². The molecular formula is C20H32O. The van der Waals surface area contributed by atoms with Gasteiger partial charge in [-0.2, -0.15) is 0 Å². The van der Waals surface area contributed by atoms with Gasteiger partial charge in [-0.25, -0.2) is 0 Å². The lowest BCUT2D eigenvalue weighted by Crippen LogP contribution is -2.46. The van der Waals surface area contributed by atoms with Gasteiger partial charge in [0.2, 0.25) is 0 Å². The van der Waals surface area contributed by atoms with Crippen molar-refractivity contribution >= 4 is 0 Å². The largest absolute Gasteiger partial charge is 0.389 e. The third kappa shape index (κ3) is 2.06. The van der Waals surface area contributed by atoms with E-state index in [4.69, 9.17) is 0 Å².